The molecule has 8 nitrogen and oxygen atoms in total. The quantitative estimate of drug-likeness (QED) is 0.771. The van der Waals surface area contributed by atoms with Crippen LogP contribution in [0.3, 0.4) is 0 Å². The molecular weight excluding hydrogens is 411 g/mol. The van der Waals surface area contributed by atoms with Gasteiger partial charge in [0.15, 0.2) is 5.82 Å². The number of nitrogens with zero attached hydrogens (tertiary/aromatic N) is 5. The average Bonchev–Trinajstić information content (AvgIpc) is 3.54. The Morgan fingerprint density at radius 2 is 2.06 bits per heavy atom. The molecule has 5 saturated heterocycles. The first-order valence-electron chi connectivity index (χ1n) is 12.0. The summed E-state index contributed by atoms with van der Waals surface area (Å²) in [6.07, 6.45) is 8.64. The molecule has 170 valence electrons. The Morgan fingerprint density at radius 3 is 2.94 bits per heavy atom. The second-order valence-electron chi connectivity index (χ2n) is 10.3. The number of anilines is 1. The predicted octanol–water partition coefficient (Wildman–Crippen LogP) is 1.74. The highest BCUT2D eigenvalue weighted by atomic mass is 19.1. The summed E-state index contributed by atoms with van der Waals surface area (Å²) in [5, 5.41) is 4.31. The lowest BCUT2D eigenvalue weighted by Gasteiger charge is -2.35. The van der Waals surface area contributed by atoms with Crippen molar-refractivity contribution in [2.75, 3.05) is 44.4 Å². The molecule has 5 atom stereocenters. The number of halogens is 1. The molecule has 2 bridgehead atoms. The number of piperazine rings is 1. The number of nitrogens with one attached hydrogen (secondary N) is 1. The van der Waals surface area contributed by atoms with Crippen LogP contribution in [0.2, 0.25) is 0 Å². The molecule has 1 N–H and O–H groups in total. The molecule has 0 aromatic carbocycles. The molecule has 9 heteroatoms. The Hall–Kier alpha value is -2.10. The van der Waals surface area contributed by atoms with Crippen LogP contribution >= 0.6 is 0 Å². The molecule has 32 heavy (non-hydrogen) atoms. The van der Waals surface area contributed by atoms with Crippen molar-refractivity contribution in [2.45, 2.75) is 55.8 Å². The van der Waals surface area contributed by atoms with E-state index in [1.165, 1.54) is 25.5 Å². The predicted molar refractivity (Wildman–Crippen MR) is 116 cm³/mol. The first-order valence-corrected chi connectivity index (χ1v) is 12.0. The van der Waals surface area contributed by atoms with Crippen molar-refractivity contribution in [1.29, 1.82) is 0 Å². The van der Waals surface area contributed by atoms with Gasteiger partial charge in [-0.05, 0) is 38.6 Å². The highest BCUT2D eigenvalue weighted by Gasteiger charge is 2.56. The summed E-state index contributed by atoms with van der Waals surface area (Å²) in [5.41, 5.74) is 0.325. The summed E-state index contributed by atoms with van der Waals surface area (Å²) in [5.74, 6) is 0.905. The third-order valence-electron chi connectivity index (χ3n) is 8.37. The molecule has 7 heterocycles. The van der Waals surface area contributed by atoms with Crippen molar-refractivity contribution in [3.63, 3.8) is 0 Å². The normalized spacial score (nSPS) is 36.1. The summed E-state index contributed by atoms with van der Waals surface area (Å²) < 4.78 is 26.7. The van der Waals surface area contributed by atoms with Crippen LogP contribution in [0.4, 0.5) is 10.2 Å². The van der Waals surface area contributed by atoms with Crippen LogP contribution in [-0.2, 0) is 4.74 Å². The minimum atomic E-state index is -0.428. The molecule has 0 aliphatic carbocycles. The molecule has 2 aromatic heterocycles. The summed E-state index contributed by atoms with van der Waals surface area (Å²) in [6.45, 7) is 5.04. The lowest BCUT2D eigenvalue weighted by molar-refractivity contribution is 0.0582. The van der Waals surface area contributed by atoms with Crippen LogP contribution < -0.4 is 15.0 Å². The van der Waals surface area contributed by atoms with Gasteiger partial charge in [-0.2, -0.15) is 9.97 Å². The number of hydrogen-bond donors (Lipinski definition) is 1. The second kappa shape index (κ2) is 7.20. The monoisotopic (exact) mass is 440 g/mol. The SMILES string of the molecule is Fc1cncc2c(N3C[C@H]4CC[C@@H](C3)N4)nc(OC[C@]34CCCN3[C@H]3COC[C@H]3C4)nc12. The van der Waals surface area contributed by atoms with Gasteiger partial charge >= 0.3 is 6.01 Å². The first-order chi connectivity index (χ1) is 15.7. The van der Waals surface area contributed by atoms with Crippen molar-refractivity contribution in [1.82, 2.24) is 25.2 Å². The van der Waals surface area contributed by atoms with Gasteiger partial charge in [-0.3, -0.25) is 9.88 Å². The van der Waals surface area contributed by atoms with E-state index in [4.69, 9.17) is 14.5 Å². The van der Waals surface area contributed by atoms with Crippen LogP contribution in [0.25, 0.3) is 10.9 Å². The van der Waals surface area contributed by atoms with Crippen molar-refractivity contribution in [2.24, 2.45) is 5.92 Å². The standard InChI is InChI=1S/C23H29FN6O2/c24-18-8-25-7-17-20(18)27-22(28-21(17)29-9-15-2-3-16(10-29)26-15)32-13-23-4-1-5-30(23)19-12-31-11-14(19)6-23/h7-8,14-16,19,26H,1-6,9-13H2/t14-,15-,16+,19+,23-/m1/s1. The lowest BCUT2D eigenvalue weighted by atomic mass is 9.90. The number of pyridine rings is 1. The number of aromatic nitrogens is 3. The average molecular weight is 441 g/mol. The van der Waals surface area contributed by atoms with E-state index in [0.29, 0.717) is 41.6 Å². The molecule has 0 radical (unpaired) electrons. The van der Waals surface area contributed by atoms with Gasteiger partial charge in [-0.1, -0.05) is 0 Å². The molecule has 5 aliphatic heterocycles. The fourth-order valence-corrected chi connectivity index (χ4v) is 6.98. The van der Waals surface area contributed by atoms with E-state index in [0.717, 1.165) is 51.5 Å². The minimum absolute atomic E-state index is 0.0303. The Bertz CT molecular complexity index is 1040. The molecule has 5 fully saturated rings. The minimum Gasteiger partial charge on any atom is -0.461 e. The van der Waals surface area contributed by atoms with Crippen LogP contribution in [0.15, 0.2) is 12.4 Å². The fourth-order valence-electron chi connectivity index (χ4n) is 6.98. The van der Waals surface area contributed by atoms with E-state index in [2.05, 4.69) is 25.1 Å². The zero-order valence-corrected chi connectivity index (χ0v) is 18.2. The van der Waals surface area contributed by atoms with E-state index in [9.17, 15) is 4.39 Å². The van der Waals surface area contributed by atoms with E-state index < -0.39 is 5.82 Å². The summed E-state index contributed by atoms with van der Waals surface area (Å²) in [4.78, 5) is 18.3. The third-order valence-corrected chi connectivity index (χ3v) is 8.37. The largest absolute Gasteiger partial charge is 0.461 e. The summed E-state index contributed by atoms with van der Waals surface area (Å²) in [6, 6.07) is 1.69. The van der Waals surface area contributed by atoms with Gasteiger partial charge in [0.1, 0.15) is 17.9 Å². The highest BCUT2D eigenvalue weighted by Crippen LogP contribution is 2.47. The summed E-state index contributed by atoms with van der Waals surface area (Å²) >= 11 is 0. The topological polar surface area (TPSA) is 75.6 Å². The Labute approximate surface area is 186 Å². The molecule has 5 aliphatic rings. The smallest absolute Gasteiger partial charge is 0.319 e. The van der Waals surface area contributed by atoms with E-state index in [-0.39, 0.29) is 11.5 Å². The van der Waals surface area contributed by atoms with Gasteiger partial charge in [-0.25, -0.2) is 4.39 Å². The Morgan fingerprint density at radius 1 is 1.19 bits per heavy atom. The summed E-state index contributed by atoms with van der Waals surface area (Å²) in [7, 11) is 0. The molecular formula is C23H29FN6O2. The number of rotatable bonds is 4. The zero-order valence-electron chi connectivity index (χ0n) is 18.2. The van der Waals surface area contributed by atoms with E-state index in [1.807, 2.05) is 0 Å². The zero-order chi connectivity index (χ0) is 21.3. The molecule has 0 spiro atoms. The molecule has 2 aromatic rings. The van der Waals surface area contributed by atoms with Crippen molar-refractivity contribution >= 4 is 16.7 Å². The second-order valence-corrected chi connectivity index (χ2v) is 10.3. The number of fused-ring (bicyclic) bond motifs is 6. The highest BCUT2D eigenvalue weighted by molar-refractivity contribution is 5.89. The number of ether oxygens (including phenoxy) is 2. The molecule has 0 unspecified atom stereocenters. The van der Waals surface area contributed by atoms with Crippen molar-refractivity contribution in [3.05, 3.63) is 18.2 Å². The fraction of sp³-hybridized carbons (Fsp3) is 0.696. The molecule has 7 rings (SSSR count). The van der Waals surface area contributed by atoms with Crippen LogP contribution in [0.5, 0.6) is 6.01 Å². The van der Waals surface area contributed by atoms with Gasteiger partial charge in [-0.15, -0.1) is 0 Å². The molecule has 0 amide bonds. The third kappa shape index (κ3) is 2.94. The maximum atomic E-state index is 14.7. The van der Waals surface area contributed by atoms with Gasteiger partial charge in [0, 0.05) is 43.3 Å². The van der Waals surface area contributed by atoms with Crippen LogP contribution in [-0.4, -0.2) is 83.0 Å². The van der Waals surface area contributed by atoms with E-state index in [1.54, 1.807) is 6.20 Å². The number of hydrogen-bond acceptors (Lipinski definition) is 8. The van der Waals surface area contributed by atoms with Crippen molar-refractivity contribution < 1.29 is 13.9 Å². The van der Waals surface area contributed by atoms with Gasteiger partial charge in [0.05, 0.1) is 30.3 Å². The van der Waals surface area contributed by atoms with Gasteiger partial charge in [0.2, 0.25) is 0 Å². The van der Waals surface area contributed by atoms with Crippen LogP contribution in [0, 0.1) is 11.7 Å². The Kier molecular flexibility index (Phi) is 4.36. The lowest BCUT2D eigenvalue weighted by Crippen LogP contribution is -2.51. The van der Waals surface area contributed by atoms with Crippen molar-refractivity contribution in [3.8, 4) is 6.01 Å². The van der Waals surface area contributed by atoms with Crippen LogP contribution in [0.1, 0.15) is 32.1 Å². The maximum absolute atomic E-state index is 14.7. The van der Waals surface area contributed by atoms with Gasteiger partial charge < -0.3 is 19.7 Å². The molecule has 0 saturated carbocycles. The Balaban J connectivity index is 1.21. The first kappa shape index (κ1) is 19.4. The van der Waals surface area contributed by atoms with E-state index >= 15 is 0 Å². The maximum Gasteiger partial charge on any atom is 0.319 e. The van der Waals surface area contributed by atoms with Gasteiger partial charge in [0.25, 0.3) is 0 Å².